The lowest BCUT2D eigenvalue weighted by Gasteiger charge is -2.03. The lowest BCUT2D eigenvalue weighted by atomic mass is 10.1. The minimum absolute atomic E-state index is 0.598. The summed E-state index contributed by atoms with van der Waals surface area (Å²) in [4.78, 5) is 3.34. The van der Waals surface area contributed by atoms with E-state index in [9.17, 15) is 0 Å². The van der Waals surface area contributed by atoms with Gasteiger partial charge in [-0.25, -0.2) is 0 Å². The number of H-pyrrole nitrogens is 1. The van der Waals surface area contributed by atoms with E-state index in [-0.39, 0.29) is 0 Å². The number of hydrogen-bond donors (Lipinski definition) is 2. The van der Waals surface area contributed by atoms with E-state index < -0.39 is 0 Å². The van der Waals surface area contributed by atoms with Crippen LogP contribution in [0.2, 0.25) is 0 Å². The maximum Gasteiger partial charge on any atom is 0.0458 e. The average molecular weight is 214 g/mol. The second kappa shape index (κ2) is 4.44. The predicted octanol–water partition coefficient (Wildman–Crippen LogP) is 3.51. The number of aromatic nitrogens is 1. The number of rotatable bonds is 3. The Morgan fingerprint density at radius 2 is 2.12 bits per heavy atom. The second-order valence-corrected chi connectivity index (χ2v) is 4.63. The van der Waals surface area contributed by atoms with E-state index in [2.05, 4.69) is 37.0 Å². The van der Waals surface area contributed by atoms with Crippen molar-refractivity contribution in [2.24, 2.45) is 11.7 Å². The number of nitrogens with two attached hydrogens (primary N) is 1. The zero-order valence-corrected chi connectivity index (χ0v) is 9.83. The van der Waals surface area contributed by atoms with Gasteiger partial charge in [-0.15, -0.1) is 0 Å². The smallest absolute Gasteiger partial charge is 0.0458 e. The van der Waals surface area contributed by atoms with Gasteiger partial charge in [0.2, 0.25) is 0 Å². The molecule has 0 aliphatic rings. The van der Waals surface area contributed by atoms with Crippen LogP contribution in [0.5, 0.6) is 0 Å². The number of hydrogen-bond acceptors (Lipinski definition) is 1. The fraction of sp³-hybridized carbons (Fsp3) is 0.286. The molecule has 0 bridgehead atoms. The third-order valence-corrected chi connectivity index (χ3v) is 2.54. The molecule has 2 rings (SSSR count). The Morgan fingerprint density at radius 1 is 1.38 bits per heavy atom. The Hall–Kier alpha value is -1.70. The molecule has 2 aromatic rings. The lowest BCUT2D eigenvalue weighted by Crippen LogP contribution is -2.00. The largest absolute Gasteiger partial charge is 0.402 e. The van der Waals surface area contributed by atoms with Crippen LogP contribution in [0.3, 0.4) is 0 Å². The Bertz CT molecular complexity index is 473. The lowest BCUT2D eigenvalue weighted by molar-refractivity contribution is 0.640. The normalized spacial score (nSPS) is 12.6. The maximum atomic E-state index is 5.97. The molecule has 0 atom stereocenters. The molecular weight excluding hydrogens is 196 g/mol. The van der Waals surface area contributed by atoms with Gasteiger partial charge in [0.25, 0.3) is 0 Å². The Labute approximate surface area is 96.2 Å². The van der Waals surface area contributed by atoms with E-state index in [0.717, 1.165) is 23.3 Å². The van der Waals surface area contributed by atoms with Crippen molar-refractivity contribution in [2.75, 3.05) is 0 Å². The molecule has 16 heavy (non-hydrogen) atoms. The second-order valence-electron chi connectivity index (χ2n) is 4.63. The molecule has 1 aromatic heterocycles. The van der Waals surface area contributed by atoms with E-state index in [4.69, 9.17) is 5.73 Å². The summed E-state index contributed by atoms with van der Waals surface area (Å²) in [5.74, 6) is 0.598. The van der Waals surface area contributed by atoms with Gasteiger partial charge in [0.1, 0.15) is 0 Å². The first-order valence-electron chi connectivity index (χ1n) is 5.69. The summed E-state index contributed by atoms with van der Waals surface area (Å²) in [6, 6.07) is 10.4. The van der Waals surface area contributed by atoms with Crippen molar-refractivity contribution in [1.82, 2.24) is 4.98 Å². The quantitative estimate of drug-likeness (QED) is 0.806. The van der Waals surface area contributed by atoms with Gasteiger partial charge in [-0.3, -0.25) is 0 Å². The highest BCUT2D eigenvalue weighted by molar-refractivity contribution is 5.82. The van der Waals surface area contributed by atoms with E-state index >= 15 is 0 Å². The van der Waals surface area contributed by atoms with Crippen molar-refractivity contribution < 1.29 is 0 Å². The third-order valence-electron chi connectivity index (χ3n) is 2.54. The van der Waals surface area contributed by atoms with Gasteiger partial charge in [0.15, 0.2) is 0 Å². The molecule has 1 aromatic carbocycles. The maximum absolute atomic E-state index is 5.97. The van der Waals surface area contributed by atoms with E-state index in [1.54, 1.807) is 0 Å². The number of allylic oxidation sites excluding steroid dienone is 1. The Kier molecular flexibility index (Phi) is 3.00. The highest BCUT2D eigenvalue weighted by Crippen LogP contribution is 2.17. The molecule has 0 saturated heterocycles. The van der Waals surface area contributed by atoms with Crippen molar-refractivity contribution in [2.45, 2.75) is 20.3 Å². The summed E-state index contributed by atoms with van der Waals surface area (Å²) in [5.41, 5.74) is 9.14. The standard InChI is InChI=1S/C14H18N2/c1-10(2)7-12(15)9-13-8-11-5-3-4-6-14(11)16-13/h3-6,8-10,16H,7,15H2,1-2H3/b12-9-. The molecule has 0 fully saturated rings. The molecule has 1 heterocycles. The first kappa shape index (κ1) is 10.8. The third kappa shape index (κ3) is 2.45. The summed E-state index contributed by atoms with van der Waals surface area (Å²) in [6.45, 7) is 4.35. The highest BCUT2D eigenvalue weighted by atomic mass is 14.7. The van der Waals surface area contributed by atoms with Gasteiger partial charge in [0, 0.05) is 16.9 Å². The van der Waals surface area contributed by atoms with Crippen LogP contribution in [0.4, 0.5) is 0 Å². The topological polar surface area (TPSA) is 41.8 Å². The molecule has 0 radical (unpaired) electrons. The van der Waals surface area contributed by atoms with Crippen molar-refractivity contribution in [3.63, 3.8) is 0 Å². The molecule has 84 valence electrons. The highest BCUT2D eigenvalue weighted by Gasteiger charge is 2.00. The van der Waals surface area contributed by atoms with Crippen molar-refractivity contribution in [1.29, 1.82) is 0 Å². The molecule has 0 amide bonds. The summed E-state index contributed by atoms with van der Waals surface area (Å²) in [6.07, 6.45) is 2.97. The Morgan fingerprint density at radius 3 is 2.81 bits per heavy atom. The first-order chi connectivity index (χ1) is 7.65. The van der Waals surface area contributed by atoms with Crippen LogP contribution in [0, 0.1) is 5.92 Å². The fourth-order valence-corrected chi connectivity index (χ4v) is 1.90. The number of aromatic amines is 1. The van der Waals surface area contributed by atoms with Crippen LogP contribution >= 0.6 is 0 Å². The molecule has 0 aliphatic heterocycles. The van der Waals surface area contributed by atoms with E-state index in [0.29, 0.717) is 5.92 Å². The van der Waals surface area contributed by atoms with Crippen molar-refractivity contribution in [3.8, 4) is 0 Å². The minimum Gasteiger partial charge on any atom is -0.402 e. The summed E-state index contributed by atoms with van der Waals surface area (Å²) in [5, 5.41) is 1.23. The summed E-state index contributed by atoms with van der Waals surface area (Å²) in [7, 11) is 0. The number of nitrogens with one attached hydrogen (secondary N) is 1. The molecule has 0 saturated carbocycles. The van der Waals surface area contributed by atoms with Gasteiger partial charge in [-0.1, -0.05) is 32.0 Å². The molecule has 3 N–H and O–H groups in total. The number of benzene rings is 1. The van der Waals surface area contributed by atoms with Crippen LogP contribution in [0.1, 0.15) is 26.0 Å². The fourth-order valence-electron chi connectivity index (χ4n) is 1.90. The van der Waals surface area contributed by atoms with Crippen molar-refractivity contribution >= 4 is 17.0 Å². The monoisotopic (exact) mass is 214 g/mol. The number of fused-ring (bicyclic) bond motifs is 1. The van der Waals surface area contributed by atoms with Gasteiger partial charge in [-0.05, 0) is 35.9 Å². The zero-order chi connectivity index (χ0) is 11.5. The molecule has 0 unspecified atom stereocenters. The summed E-state index contributed by atoms with van der Waals surface area (Å²) >= 11 is 0. The van der Waals surface area contributed by atoms with E-state index in [1.165, 1.54) is 5.39 Å². The van der Waals surface area contributed by atoms with Crippen LogP contribution < -0.4 is 5.73 Å². The predicted molar refractivity (Wildman–Crippen MR) is 69.9 cm³/mol. The van der Waals surface area contributed by atoms with Crippen LogP contribution in [-0.4, -0.2) is 4.98 Å². The first-order valence-corrected chi connectivity index (χ1v) is 5.69. The average Bonchev–Trinajstić information content (AvgIpc) is 2.57. The molecule has 0 spiro atoms. The summed E-state index contributed by atoms with van der Waals surface area (Å²) < 4.78 is 0. The van der Waals surface area contributed by atoms with Gasteiger partial charge < -0.3 is 10.7 Å². The van der Waals surface area contributed by atoms with Gasteiger partial charge in [-0.2, -0.15) is 0 Å². The van der Waals surface area contributed by atoms with Crippen LogP contribution in [0.15, 0.2) is 36.0 Å². The van der Waals surface area contributed by atoms with Crippen LogP contribution in [0.25, 0.3) is 17.0 Å². The Balaban J connectivity index is 2.27. The minimum atomic E-state index is 0.598. The van der Waals surface area contributed by atoms with Gasteiger partial charge >= 0.3 is 0 Å². The van der Waals surface area contributed by atoms with Gasteiger partial charge in [0.05, 0.1) is 0 Å². The molecule has 2 heteroatoms. The SMILES string of the molecule is CC(C)C/C(N)=C/c1cc2ccccc2[nH]1. The number of para-hydroxylation sites is 1. The molecule has 2 nitrogen and oxygen atoms in total. The molecular formula is C14H18N2. The van der Waals surface area contributed by atoms with Crippen molar-refractivity contribution in [3.05, 3.63) is 41.7 Å². The van der Waals surface area contributed by atoms with E-state index in [1.807, 2.05) is 18.2 Å². The molecule has 0 aliphatic carbocycles. The van der Waals surface area contributed by atoms with Crippen LogP contribution in [-0.2, 0) is 0 Å². The zero-order valence-electron chi connectivity index (χ0n) is 9.83.